The van der Waals surface area contributed by atoms with Crippen molar-refractivity contribution in [1.82, 2.24) is 4.90 Å². The molecular formula is C13H19NO2S. The molecule has 0 aromatic carbocycles. The first kappa shape index (κ1) is 12.6. The number of hydrogen-bond donors (Lipinski definition) is 0. The molecule has 4 heteroatoms. The van der Waals surface area contributed by atoms with Crippen molar-refractivity contribution < 1.29 is 9.53 Å². The standard InChI is InChI=1S/C13H19NO2S/c1-14(9-11-6-8-17-10-11)13(15)5-4-12-3-2-7-16-12/h6,8,10,12H,2-5,7,9H2,1H3/t12-/m1/s1. The van der Waals surface area contributed by atoms with Crippen LogP contribution in [0.5, 0.6) is 0 Å². The third-order valence-corrected chi connectivity index (χ3v) is 3.86. The average molecular weight is 253 g/mol. The number of amides is 1. The highest BCUT2D eigenvalue weighted by atomic mass is 32.1. The van der Waals surface area contributed by atoms with Gasteiger partial charge < -0.3 is 9.64 Å². The van der Waals surface area contributed by atoms with Crippen molar-refractivity contribution in [3.8, 4) is 0 Å². The van der Waals surface area contributed by atoms with E-state index >= 15 is 0 Å². The molecule has 2 rings (SSSR count). The molecule has 0 unspecified atom stereocenters. The molecule has 1 aromatic rings. The van der Waals surface area contributed by atoms with Gasteiger partial charge in [-0.15, -0.1) is 0 Å². The summed E-state index contributed by atoms with van der Waals surface area (Å²) in [6, 6.07) is 2.06. The van der Waals surface area contributed by atoms with Crippen molar-refractivity contribution in [2.24, 2.45) is 0 Å². The van der Waals surface area contributed by atoms with Gasteiger partial charge in [0.05, 0.1) is 6.10 Å². The molecule has 1 aliphatic heterocycles. The van der Waals surface area contributed by atoms with E-state index in [0.717, 1.165) is 25.9 Å². The van der Waals surface area contributed by atoms with Crippen LogP contribution >= 0.6 is 11.3 Å². The van der Waals surface area contributed by atoms with Crippen LogP contribution < -0.4 is 0 Å². The summed E-state index contributed by atoms with van der Waals surface area (Å²) < 4.78 is 5.52. The minimum atomic E-state index is 0.215. The van der Waals surface area contributed by atoms with Gasteiger partial charge in [-0.1, -0.05) is 0 Å². The summed E-state index contributed by atoms with van der Waals surface area (Å²) in [6.45, 7) is 1.58. The maximum absolute atomic E-state index is 11.9. The van der Waals surface area contributed by atoms with Gasteiger partial charge in [-0.3, -0.25) is 4.79 Å². The summed E-state index contributed by atoms with van der Waals surface area (Å²) in [5, 5.41) is 4.13. The lowest BCUT2D eigenvalue weighted by Crippen LogP contribution is -2.26. The van der Waals surface area contributed by atoms with Gasteiger partial charge >= 0.3 is 0 Å². The van der Waals surface area contributed by atoms with Crippen molar-refractivity contribution in [3.63, 3.8) is 0 Å². The maximum atomic E-state index is 11.9. The molecule has 3 nitrogen and oxygen atoms in total. The van der Waals surface area contributed by atoms with Crippen molar-refractivity contribution in [1.29, 1.82) is 0 Å². The van der Waals surface area contributed by atoms with Gasteiger partial charge in [0, 0.05) is 26.6 Å². The Balaban J connectivity index is 1.71. The number of ether oxygens (including phenoxy) is 1. The Bertz CT molecular complexity index is 344. The fraction of sp³-hybridized carbons (Fsp3) is 0.615. The highest BCUT2D eigenvalue weighted by molar-refractivity contribution is 7.07. The van der Waals surface area contributed by atoms with E-state index < -0.39 is 0 Å². The van der Waals surface area contributed by atoms with E-state index in [0.29, 0.717) is 19.1 Å². The summed E-state index contributed by atoms with van der Waals surface area (Å²) >= 11 is 1.67. The molecule has 0 saturated carbocycles. The molecule has 1 saturated heterocycles. The summed E-state index contributed by atoms with van der Waals surface area (Å²) in [5.41, 5.74) is 1.21. The van der Waals surface area contributed by atoms with Gasteiger partial charge in [0.15, 0.2) is 0 Å². The number of thiophene rings is 1. The second-order valence-corrected chi connectivity index (χ2v) is 5.34. The number of carbonyl (C=O) groups is 1. The second kappa shape index (κ2) is 6.17. The molecule has 0 N–H and O–H groups in total. The quantitative estimate of drug-likeness (QED) is 0.807. The molecule has 2 heterocycles. The molecule has 1 fully saturated rings. The van der Waals surface area contributed by atoms with Crippen molar-refractivity contribution in [3.05, 3.63) is 22.4 Å². The van der Waals surface area contributed by atoms with E-state index in [-0.39, 0.29) is 5.91 Å². The normalized spacial score (nSPS) is 19.5. The molecule has 1 atom stereocenters. The molecule has 1 aromatic heterocycles. The minimum Gasteiger partial charge on any atom is -0.378 e. The van der Waals surface area contributed by atoms with Gasteiger partial charge in [0.25, 0.3) is 0 Å². The van der Waals surface area contributed by atoms with Gasteiger partial charge in [-0.25, -0.2) is 0 Å². The molecular weight excluding hydrogens is 234 g/mol. The number of hydrogen-bond acceptors (Lipinski definition) is 3. The highest BCUT2D eigenvalue weighted by Crippen LogP contribution is 2.17. The van der Waals surface area contributed by atoms with Crippen LogP contribution in [-0.2, 0) is 16.1 Å². The van der Waals surface area contributed by atoms with E-state index in [2.05, 4.69) is 11.4 Å². The fourth-order valence-corrected chi connectivity index (χ4v) is 2.75. The molecule has 94 valence electrons. The van der Waals surface area contributed by atoms with Crippen LogP contribution in [0.3, 0.4) is 0 Å². The third kappa shape index (κ3) is 3.82. The number of rotatable bonds is 5. The molecule has 0 radical (unpaired) electrons. The number of carbonyl (C=O) groups excluding carboxylic acids is 1. The van der Waals surface area contributed by atoms with Crippen molar-refractivity contribution >= 4 is 17.2 Å². The monoisotopic (exact) mass is 253 g/mol. The Labute approximate surface area is 106 Å². The third-order valence-electron chi connectivity index (χ3n) is 3.13. The highest BCUT2D eigenvalue weighted by Gasteiger charge is 2.18. The zero-order chi connectivity index (χ0) is 12.1. The van der Waals surface area contributed by atoms with Crippen LogP contribution in [0.15, 0.2) is 16.8 Å². The molecule has 0 bridgehead atoms. The van der Waals surface area contributed by atoms with E-state index in [9.17, 15) is 4.79 Å². The zero-order valence-electron chi connectivity index (χ0n) is 10.2. The smallest absolute Gasteiger partial charge is 0.222 e. The fourth-order valence-electron chi connectivity index (χ4n) is 2.09. The zero-order valence-corrected chi connectivity index (χ0v) is 11.0. The SMILES string of the molecule is CN(Cc1ccsc1)C(=O)CC[C@H]1CCCO1. The molecule has 0 spiro atoms. The summed E-state index contributed by atoms with van der Waals surface area (Å²) in [4.78, 5) is 13.7. The Hall–Kier alpha value is -0.870. The summed E-state index contributed by atoms with van der Waals surface area (Å²) in [7, 11) is 1.87. The van der Waals surface area contributed by atoms with E-state index in [4.69, 9.17) is 4.74 Å². The second-order valence-electron chi connectivity index (χ2n) is 4.56. The van der Waals surface area contributed by atoms with Gasteiger partial charge in [-0.05, 0) is 41.7 Å². The van der Waals surface area contributed by atoms with Gasteiger partial charge in [-0.2, -0.15) is 11.3 Å². The first-order valence-electron chi connectivity index (χ1n) is 6.12. The topological polar surface area (TPSA) is 29.5 Å². The maximum Gasteiger partial charge on any atom is 0.222 e. The van der Waals surface area contributed by atoms with Crippen LogP contribution in [0.2, 0.25) is 0 Å². The van der Waals surface area contributed by atoms with Crippen LogP contribution in [0.4, 0.5) is 0 Å². The average Bonchev–Trinajstić information content (AvgIpc) is 2.98. The predicted molar refractivity (Wildman–Crippen MR) is 69.0 cm³/mol. The lowest BCUT2D eigenvalue weighted by Gasteiger charge is -2.17. The van der Waals surface area contributed by atoms with E-state index in [1.165, 1.54) is 5.56 Å². The van der Waals surface area contributed by atoms with Crippen LogP contribution in [0.1, 0.15) is 31.2 Å². The molecule has 0 aliphatic carbocycles. The lowest BCUT2D eigenvalue weighted by atomic mass is 10.1. The Morgan fingerprint density at radius 2 is 2.53 bits per heavy atom. The lowest BCUT2D eigenvalue weighted by molar-refractivity contribution is -0.131. The van der Waals surface area contributed by atoms with Crippen LogP contribution in [0, 0.1) is 0 Å². The van der Waals surface area contributed by atoms with Crippen molar-refractivity contribution in [2.75, 3.05) is 13.7 Å². The summed E-state index contributed by atoms with van der Waals surface area (Å²) in [5.74, 6) is 0.215. The predicted octanol–water partition coefficient (Wildman–Crippen LogP) is 2.67. The summed E-state index contributed by atoms with van der Waals surface area (Å²) in [6.07, 6.45) is 4.04. The molecule has 1 amide bonds. The van der Waals surface area contributed by atoms with Crippen LogP contribution in [-0.4, -0.2) is 30.6 Å². The first-order valence-corrected chi connectivity index (χ1v) is 7.06. The molecule has 1 aliphatic rings. The van der Waals surface area contributed by atoms with E-state index in [1.807, 2.05) is 12.4 Å². The Morgan fingerprint density at radius 3 is 3.18 bits per heavy atom. The largest absolute Gasteiger partial charge is 0.378 e. The van der Waals surface area contributed by atoms with Crippen molar-refractivity contribution in [2.45, 2.75) is 38.3 Å². The first-order chi connectivity index (χ1) is 8.25. The Kier molecular flexibility index (Phi) is 4.57. The molecule has 17 heavy (non-hydrogen) atoms. The Morgan fingerprint density at radius 1 is 1.65 bits per heavy atom. The van der Waals surface area contributed by atoms with Crippen LogP contribution in [0.25, 0.3) is 0 Å². The van der Waals surface area contributed by atoms with Gasteiger partial charge in [0.1, 0.15) is 0 Å². The van der Waals surface area contributed by atoms with Gasteiger partial charge in [0.2, 0.25) is 5.91 Å². The number of nitrogens with zero attached hydrogens (tertiary/aromatic N) is 1. The van der Waals surface area contributed by atoms with E-state index in [1.54, 1.807) is 16.2 Å². The minimum absolute atomic E-state index is 0.215.